The van der Waals surface area contributed by atoms with E-state index in [1.807, 2.05) is 19.2 Å². The second-order valence-corrected chi connectivity index (χ2v) is 5.65. The number of hydrogen-bond donors (Lipinski definition) is 1. The molecule has 0 heterocycles. The number of allylic oxidation sites excluding steroid dienone is 2. The second-order valence-electron chi connectivity index (χ2n) is 5.65. The van der Waals surface area contributed by atoms with Crippen molar-refractivity contribution < 1.29 is 17.9 Å². The van der Waals surface area contributed by atoms with E-state index in [0.717, 1.165) is 12.1 Å². The predicted molar refractivity (Wildman–Crippen MR) is 88.9 cm³/mol. The Balaban J connectivity index is 2.08. The van der Waals surface area contributed by atoms with Gasteiger partial charge in [0.25, 0.3) is 0 Å². The van der Waals surface area contributed by atoms with Crippen molar-refractivity contribution in [3.8, 4) is 5.75 Å². The molecule has 2 unspecified atom stereocenters. The van der Waals surface area contributed by atoms with Crippen LogP contribution in [0.1, 0.15) is 18.4 Å². The van der Waals surface area contributed by atoms with Gasteiger partial charge in [-0.25, -0.2) is 0 Å². The molecular formula is C17H19F3N4O. The Bertz CT molecular complexity index is 676. The summed E-state index contributed by atoms with van der Waals surface area (Å²) in [7, 11) is 1.82. The minimum Gasteiger partial charge on any atom is -0.490 e. The lowest BCUT2D eigenvalue weighted by Gasteiger charge is -2.27. The van der Waals surface area contributed by atoms with Crippen molar-refractivity contribution in [3.05, 3.63) is 64.2 Å². The van der Waals surface area contributed by atoms with Gasteiger partial charge in [-0.15, -0.1) is 0 Å². The van der Waals surface area contributed by atoms with Crippen LogP contribution in [0.25, 0.3) is 10.4 Å². The normalized spacial score (nSPS) is 18.2. The van der Waals surface area contributed by atoms with Crippen LogP contribution in [-0.4, -0.2) is 19.7 Å². The van der Waals surface area contributed by atoms with Gasteiger partial charge in [0.05, 0.1) is 5.56 Å². The van der Waals surface area contributed by atoms with Crippen LogP contribution in [0.3, 0.4) is 0 Å². The molecule has 0 saturated heterocycles. The molecule has 1 N–H and O–H groups in total. The highest BCUT2D eigenvalue weighted by Crippen LogP contribution is 2.31. The highest BCUT2D eigenvalue weighted by atomic mass is 19.4. The van der Waals surface area contributed by atoms with Crippen LogP contribution in [-0.2, 0) is 6.18 Å². The fraction of sp³-hybridized carbons (Fsp3) is 0.412. The van der Waals surface area contributed by atoms with E-state index in [0.29, 0.717) is 30.8 Å². The Kier molecular flexibility index (Phi) is 6.50. The zero-order chi connectivity index (χ0) is 18.3. The molecule has 8 heteroatoms. The Morgan fingerprint density at radius 2 is 2.08 bits per heavy atom. The van der Waals surface area contributed by atoms with E-state index < -0.39 is 11.7 Å². The third kappa shape index (κ3) is 5.55. The third-order valence-electron chi connectivity index (χ3n) is 3.90. The van der Waals surface area contributed by atoms with Crippen LogP contribution in [0.2, 0.25) is 0 Å². The molecule has 1 aromatic rings. The Hall–Kier alpha value is -2.44. The maximum atomic E-state index is 12.6. The molecule has 0 aromatic heterocycles. The first-order valence-electron chi connectivity index (χ1n) is 7.86. The lowest BCUT2D eigenvalue weighted by atomic mass is 9.91. The largest absolute Gasteiger partial charge is 0.490 e. The van der Waals surface area contributed by atoms with Gasteiger partial charge in [0.2, 0.25) is 0 Å². The molecule has 1 aliphatic rings. The van der Waals surface area contributed by atoms with Crippen molar-refractivity contribution in [3.63, 3.8) is 0 Å². The molecule has 25 heavy (non-hydrogen) atoms. The van der Waals surface area contributed by atoms with E-state index >= 15 is 0 Å². The third-order valence-corrected chi connectivity index (χ3v) is 3.90. The highest BCUT2D eigenvalue weighted by molar-refractivity contribution is 5.29. The summed E-state index contributed by atoms with van der Waals surface area (Å²) in [4.78, 5) is 2.75. The van der Waals surface area contributed by atoms with Crippen molar-refractivity contribution in [2.75, 3.05) is 13.6 Å². The minimum absolute atomic E-state index is 0.0493. The standard InChI is InChI=1S/C17H19F3N4O/c1-22-11-10-16(12-2-6-14(7-3-12)23-24-21)25-15-8-4-13(5-9-15)17(18,19)20/h2,4-9,12,16,22H,3,10-11H2,1H3. The molecule has 2 rings (SSSR count). The van der Waals surface area contributed by atoms with Crippen molar-refractivity contribution in [2.45, 2.75) is 25.1 Å². The van der Waals surface area contributed by atoms with Gasteiger partial charge < -0.3 is 10.1 Å². The molecule has 0 saturated carbocycles. The van der Waals surface area contributed by atoms with E-state index in [9.17, 15) is 13.2 Å². The molecule has 0 spiro atoms. The molecule has 2 atom stereocenters. The Morgan fingerprint density at radius 1 is 1.36 bits per heavy atom. The summed E-state index contributed by atoms with van der Waals surface area (Å²) in [5.41, 5.74) is 8.31. The summed E-state index contributed by atoms with van der Waals surface area (Å²) in [5, 5.41) is 6.60. The predicted octanol–water partition coefficient (Wildman–Crippen LogP) is 4.83. The number of hydrogen-bond acceptors (Lipinski definition) is 3. The molecule has 1 aliphatic carbocycles. The van der Waals surface area contributed by atoms with Gasteiger partial charge in [-0.3, -0.25) is 0 Å². The minimum atomic E-state index is -4.36. The quantitative estimate of drug-likeness (QED) is 0.434. The topological polar surface area (TPSA) is 70.0 Å². The monoisotopic (exact) mass is 352 g/mol. The van der Waals surface area contributed by atoms with Gasteiger partial charge in [-0.05, 0) is 56.2 Å². The molecule has 1 aromatic carbocycles. The first kappa shape index (κ1) is 18.9. The Morgan fingerprint density at radius 3 is 2.60 bits per heavy atom. The molecule has 134 valence electrons. The molecule has 0 amide bonds. The second kappa shape index (κ2) is 8.60. The smallest absolute Gasteiger partial charge is 0.416 e. The zero-order valence-corrected chi connectivity index (χ0v) is 13.7. The molecule has 0 radical (unpaired) electrons. The van der Waals surface area contributed by atoms with Gasteiger partial charge >= 0.3 is 6.18 Å². The summed E-state index contributed by atoms with van der Waals surface area (Å²) < 4.78 is 43.8. The van der Waals surface area contributed by atoms with E-state index in [2.05, 4.69) is 15.3 Å². The van der Waals surface area contributed by atoms with Crippen molar-refractivity contribution in [1.82, 2.24) is 5.32 Å². The maximum absolute atomic E-state index is 12.6. The van der Waals surface area contributed by atoms with Gasteiger partial charge in [-0.1, -0.05) is 23.3 Å². The lowest BCUT2D eigenvalue weighted by Crippen LogP contribution is -2.30. The number of nitrogens with zero attached hydrogens (tertiary/aromatic N) is 3. The van der Waals surface area contributed by atoms with Crippen LogP contribution in [0.4, 0.5) is 13.2 Å². The summed E-state index contributed by atoms with van der Waals surface area (Å²) >= 11 is 0. The van der Waals surface area contributed by atoms with Crippen LogP contribution in [0.5, 0.6) is 5.75 Å². The summed E-state index contributed by atoms with van der Waals surface area (Å²) in [5.74, 6) is 0.445. The number of alkyl halides is 3. The lowest BCUT2D eigenvalue weighted by molar-refractivity contribution is -0.137. The van der Waals surface area contributed by atoms with Gasteiger partial charge in [0.1, 0.15) is 11.9 Å². The van der Waals surface area contributed by atoms with E-state index in [4.69, 9.17) is 10.3 Å². The van der Waals surface area contributed by atoms with Crippen LogP contribution < -0.4 is 10.1 Å². The highest BCUT2D eigenvalue weighted by Gasteiger charge is 2.30. The number of rotatable bonds is 7. The first-order chi connectivity index (χ1) is 11.9. The van der Waals surface area contributed by atoms with Crippen molar-refractivity contribution in [1.29, 1.82) is 0 Å². The van der Waals surface area contributed by atoms with E-state index in [-0.39, 0.29) is 12.0 Å². The van der Waals surface area contributed by atoms with Gasteiger partial charge in [0, 0.05) is 16.5 Å². The summed E-state index contributed by atoms with van der Waals surface area (Å²) in [6.07, 6.45) is 2.23. The van der Waals surface area contributed by atoms with E-state index in [1.54, 1.807) is 6.08 Å². The van der Waals surface area contributed by atoms with Gasteiger partial charge in [-0.2, -0.15) is 13.2 Å². The fourth-order valence-electron chi connectivity index (χ4n) is 2.57. The average molecular weight is 352 g/mol. The summed E-state index contributed by atoms with van der Waals surface area (Å²) in [6.45, 7) is 0.711. The van der Waals surface area contributed by atoms with Gasteiger partial charge in [0.15, 0.2) is 0 Å². The SMILES string of the molecule is CNCCC(Oc1ccc(C(F)(F)F)cc1)C1C=CC(N=[N+]=[N-])=CC1. The number of halogens is 3. The first-order valence-corrected chi connectivity index (χ1v) is 7.86. The average Bonchev–Trinajstić information content (AvgIpc) is 2.59. The van der Waals surface area contributed by atoms with Crippen LogP contribution in [0.15, 0.2) is 53.3 Å². The molecule has 0 aliphatic heterocycles. The van der Waals surface area contributed by atoms with Crippen molar-refractivity contribution >= 4 is 0 Å². The molecule has 5 nitrogen and oxygen atoms in total. The number of benzene rings is 1. The fourth-order valence-corrected chi connectivity index (χ4v) is 2.57. The molecular weight excluding hydrogens is 333 g/mol. The zero-order valence-electron chi connectivity index (χ0n) is 13.7. The maximum Gasteiger partial charge on any atom is 0.416 e. The summed E-state index contributed by atoms with van der Waals surface area (Å²) in [6, 6.07) is 4.70. The van der Waals surface area contributed by atoms with Crippen LogP contribution in [0, 0.1) is 5.92 Å². The molecule has 0 fully saturated rings. The number of azide groups is 1. The molecule has 0 bridgehead atoms. The van der Waals surface area contributed by atoms with Crippen molar-refractivity contribution in [2.24, 2.45) is 11.0 Å². The number of nitrogens with one attached hydrogen (secondary N) is 1. The number of ether oxygens (including phenoxy) is 1. The Labute approximate surface area is 143 Å². The van der Waals surface area contributed by atoms with Crippen LogP contribution >= 0.6 is 0 Å². The van der Waals surface area contributed by atoms with E-state index in [1.165, 1.54) is 12.1 Å².